The van der Waals surface area contributed by atoms with E-state index in [0.717, 1.165) is 51.4 Å². The number of aliphatic hydroxyl groups excluding tert-OH is 8. The van der Waals surface area contributed by atoms with Crippen LogP contribution in [-0.2, 0) is 23.7 Å². The number of carbonyl (C=O) groups is 1. The van der Waals surface area contributed by atoms with E-state index in [4.69, 9.17) is 18.9 Å². The molecule has 12 atom stereocenters. The molecule has 0 saturated carbocycles. The molecule has 9 N–H and O–H groups in total. The van der Waals surface area contributed by atoms with E-state index >= 15 is 0 Å². The molecule has 0 spiro atoms. The molecule has 14 nitrogen and oxygen atoms in total. The molecule has 88 heavy (non-hydrogen) atoms. The van der Waals surface area contributed by atoms with Gasteiger partial charge in [-0.05, 0) is 38.5 Å². The SMILES string of the molecule is CCCCCCCCCC/C=C\CCCCCCCCCCCCCCCCCCCCCCCC(=O)NC(COC1OC(CO)C(OC2OC(CO)C(O)C(O)C2O)C(O)C1O)C(O)CCCCCCCCCCCCCCCCCCCCCCC. The van der Waals surface area contributed by atoms with Gasteiger partial charge in [-0.15, -0.1) is 0 Å². The van der Waals surface area contributed by atoms with E-state index in [0.29, 0.717) is 12.8 Å². The summed E-state index contributed by atoms with van der Waals surface area (Å²) in [6.45, 7) is 2.93. The molecular formula is C74H143NO13. The van der Waals surface area contributed by atoms with Gasteiger partial charge in [0, 0.05) is 6.42 Å². The van der Waals surface area contributed by atoms with Gasteiger partial charge < -0.3 is 65.1 Å². The largest absolute Gasteiger partial charge is 0.394 e. The van der Waals surface area contributed by atoms with Crippen molar-refractivity contribution in [3.05, 3.63) is 12.2 Å². The molecule has 0 aromatic carbocycles. The number of aliphatic hydroxyl groups is 8. The average Bonchev–Trinajstić information content (AvgIpc) is 2.07. The number of hydrogen-bond donors (Lipinski definition) is 9. The molecule has 12 unspecified atom stereocenters. The van der Waals surface area contributed by atoms with Gasteiger partial charge in [-0.3, -0.25) is 4.79 Å². The Balaban J connectivity index is 1.61. The number of hydrogen-bond acceptors (Lipinski definition) is 13. The van der Waals surface area contributed by atoms with Crippen LogP contribution in [0.15, 0.2) is 12.2 Å². The van der Waals surface area contributed by atoms with Crippen molar-refractivity contribution in [3.63, 3.8) is 0 Å². The van der Waals surface area contributed by atoms with Gasteiger partial charge in [0.1, 0.15) is 48.8 Å². The monoisotopic (exact) mass is 1250 g/mol. The fourth-order valence-corrected chi connectivity index (χ4v) is 12.9. The summed E-state index contributed by atoms with van der Waals surface area (Å²) in [5, 5.41) is 87.7. The number of carbonyl (C=O) groups excluding carboxylic acids is 1. The molecule has 0 bridgehead atoms. The first-order chi connectivity index (χ1) is 43.1. The van der Waals surface area contributed by atoms with E-state index in [2.05, 4.69) is 31.3 Å². The molecule has 0 aromatic rings. The Kier molecular flexibility index (Phi) is 56.0. The van der Waals surface area contributed by atoms with Gasteiger partial charge in [-0.2, -0.15) is 0 Å². The van der Waals surface area contributed by atoms with Crippen LogP contribution in [0.2, 0.25) is 0 Å². The van der Waals surface area contributed by atoms with Gasteiger partial charge in [-0.25, -0.2) is 0 Å². The van der Waals surface area contributed by atoms with Crippen molar-refractivity contribution in [3.8, 4) is 0 Å². The molecule has 0 radical (unpaired) electrons. The van der Waals surface area contributed by atoms with Crippen LogP contribution < -0.4 is 5.32 Å². The average molecular weight is 1250 g/mol. The zero-order valence-electron chi connectivity index (χ0n) is 57.0. The van der Waals surface area contributed by atoms with Crippen LogP contribution in [0.3, 0.4) is 0 Å². The van der Waals surface area contributed by atoms with E-state index in [-0.39, 0.29) is 12.5 Å². The van der Waals surface area contributed by atoms with Gasteiger partial charge in [0.2, 0.25) is 5.91 Å². The molecule has 2 fully saturated rings. The zero-order valence-corrected chi connectivity index (χ0v) is 57.0. The van der Waals surface area contributed by atoms with Crippen molar-refractivity contribution >= 4 is 5.91 Å². The molecular weight excluding hydrogens is 1110 g/mol. The summed E-state index contributed by atoms with van der Waals surface area (Å²) in [7, 11) is 0. The highest BCUT2D eigenvalue weighted by molar-refractivity contribution is 5.76. The van der Waals surface area contributed by atoms with Crippen molar-refractivity contribution in [2.45, 2.75) is 434 Å². The highest BCUT2D eigenvalue weighted by Crippen LogP contribution is 2.30. The fourth-order valence-electron chi connectivity index (χ4n) is 12.9. The third-order valence-electron chi connectivity index (χ3n) is 19.0. The lowest BCUT2D eigenvalue weighted by Gasteiger charge is -2.46. The maximum atomic E-state index is 13.4. The number of amides is 1. The van der Waals surface area contributed by atoms with Gasteiger partial charge >= 0.3 is 0 Å². The van der Waals surface area contributed by atoms with Gasteiger partial charge in [0.15, 0.2) is 12.6 Å². The van der Waals surface area contributed by atoms with Crippen LogP contribution in [0.4, 0.5) is 0 Å². The maximum absolute atomic E-state index is 13.4. The molecule has 1 amide bonds. The lowest BCUT2D eigenvalue weighted by atomic mass is 9.97. The Bertz CT molecular complexity index is 1520. The second-order valence-electron chi connectivity index (χ2n) is 27.1. The third kappa shape index (κ3) is 42.9. The van der Waals surface area contributed by atoms with E-state index in [1.54, 1.807) is 0 Å². The van der Waals surface area contributed by atoms with Crippen LogP contribution in [0.1, 0.15) is 361 Å². The molecule has 2 rings (SSSR count). The molecule has 2 aliphatic rings. The summed E-state index contributed by atoms with van der Waals surface area (Å²) in [5.74, 6) is -0.197. The molecule has 522 valence electrons. The fraction of sp³-hybridized carbons (Fsp3) is 0.959. The van der Waals surface area contributed by atoms with Crippen LogP contribution in [0.25, 0.3) is 0 Å². The molecule has 14 heteroatoms. The Morgan fingerprint density at radius 3 is 1.08 bits per heavy atom. The highest BCUT2D eigenvalue weighted by Gasteiger charge is 2.51. The van der Waals surface area contributed by atoms with Crippen molar-refractivity contribution in [1.29, 1.82) is 0 Å². The minimum absolute atomic E-state index is 0.197. The zero-order chi connectivity index (χ0) is 63.8. The highest BCUT2D eigenvalue weighted by atomic mass is 16.7. The first-order valence-electron chi connectivity index (χ1n) is 37.9. The maximum Gasteiger partial charge on any atom is 0.220 e. The van der Waals surface area contributed by atoms with Crippen molar-refractivity contribution in [1.82, 2.24) is 5.32 Å². The van der Waals surface area contributed by atoms with E-state index < -0.39 is 86.8 Å². The second kappa shape index (κ2) is 59.5. The molecule has 0 aliphatic carbocycles. The molecule has 2 saturated heterocycles. The number of allylic oxidation sites excluding steroid dienone is 2. The van der Waals surface area contributed by atoms with Crippen LogP contribution in [0, 0.1) is 0 Å². The van der Waals surface area contributed by atoms with Crippen molar-refractivity contribution < 1.29 is 64.6 Å². The van der Waals surface area contributed by atoms with Crippen LogP contribution >= 0.6 is 0 Å². The topological polar surface area (TPSA) is 228 Å². The summed E-state index contributed by atoms with van der Waals surface area (Å²) >= 11 is 0. The quantitative estimate of drug-likeness (QED) is 0.0204. The van der Waals surface area contributed by atoms with Crippen molar-refractivity contribution in [2.24, 2.45) is 0 Å². The Morgan fingerprint density at radius 1 is 0.398 bits per heavy atom. The number of ether oxygens (including phenoxy) is 4. The van der Waals surface area contributed by atoms with Gasteiger partial charge in [0.05, 0.1) is 32.0 Å². The lowest BCUT2D eigenvalue weighted by Crippen LogP contribution is -2.65. The number of rotatable bonds is 64. The van der Waals surface area contributed by atoms with Gasteiger partial charge in [0.25, 0.3) is 0 Å². The Morgan fingerprint density at radius 2 is 0.716 bits per heavy atom. The number of nitrogens with one attached hydrogen (secondary N) is 1. The Labute approximate surface area is 539 Å². The summed E-state index contributed by atoms with van der Waals surface area (Å²) in [4.78, 5) is 13.4. The summed E-state index contributed by atoms with van der Waals surface area (Å²) in [5.41, 5.74) is 0. The minimum Gasteiger partial charge on any atom is -0.394 e. The normalized spacial score (nSPS) is 23.1. The predicted octanol–water partition coefficient (Wildman–Crippen LogP) is 16.1. The van der Waals surface area contributed by atoms with Crippen LogP contribution in [-0.4, -0.2) is 140 Å². The predicted molar refractivity (Wildman–Crippen MR) is 360 cm³/mol. The third-order valence-corrected chi connectivity index (χ3v) is 19.0. The number of unbranched alkanes of at least 4 members (excludes halogenated alkanes) is 49. The smallest absolute Gasteiger partial charge is 0.220 e. The summed E-state index contributed by atoms with van der Waals surface area (Å²) in [6, 6.07) is -0.826. The lowest BCUT2D eigenvalue weighted by molar-refractivity contribution is -0.359. The first-order valence-corrected chi connectivity index (χ1v) is 37.9. The summed E-state index contributed by atoms with van der Waals surface area (Å²) in [6.07, 6.45) is 56.7. The molecule has 2 aliphatic heterocycles. The minimum atomic E-state index is -1.78. The van der Waals surface area contributed by atoms with E-state index in [1.807, 2.05) is 0 Å². The standard InChI is InChI=1S/C74H143NO13/c1-3-5-7-9-11-13-15-17-19-21-23-25-26-27-28-29-30-31-32-33-34-35-36-38-40-42-44-46-48-50-52-54-56-58-66(79)75-62(63(78)57-55-53-51-49-47-45-43-41-39-37-24-22-20-18-16-14-12-10-8-6-4-2)61-85-73-71(84)69(82)72(65(60-77)87-73)88-74-70(83)68(81)67(80)64(59-76)86-74/h21,23,62-65,67-74,76-78,80-84H,3-20,22,24-61H2,1-2H3,(H,75,79)/b23-21-. The van der Waals surface area contributed by atoms with Gasteiger partial charge in [-0.1, -0.05) is 328 Å². The van der Waals surface area contributed by atoms with E-state index in [9.17, 15) is 45.6 Å². The molecule has 2 heterocycles. The van der Waals surface area contributed by atoms with Crippen LogP contribution in [0.5, 0.6) is 0 Å². The van der Waals surface area contributed by atoms with Crippen molar-refractivity contribution in [2.75, 3.05) is 19.8 Å². The summed E-state index contributed by atoms with van der Waals surface area (Å²) < 4.78 is 23.0. The van der Waals surface area contributed by atoms with E-state index in [1.165, 1.54) is 283 Å². The second-order valence-corrected chi connectivity index (χ2v) is 27.1. The Hall–Kier alpha value is -1.27. The first kappa shape index (κ1) is 82.8. The molecule has 0 aromatic heterocycles.